The lowest BCUT2D eigenvalue weighted by Gasteiger charge is -2.19. The average molecular weight is 266 g/mol. The number of phenolic OH excluding ortho intramolecular Hbond substituents is 2. The predicted octanol–water partition coefficient (Wildman–Crippen LogP) is 4.62. The molecule has 3 nitrogen and oxygen atoms in total. The summed E-state index contributed by atoms with van der Waals surface area (Å²) >= 11 is 0. The van der Waals surface area contributed by atoms with Crippen LogP contribution in [0.15, 0.2) is 18.2 Å². The van der Waals surface area contributed by atoms with Gasteiger partial charge in [0.25, 0.3) is 0 Å². The Bertz CT molecular complexity index is 363. The molecule has 3 heteroatoms. The standard InChI is InChI=1S/C16H26O3/c1-3-5-7-10-13(9-6-4-2)19-15-12-8-11-14(17)16(15)18/h8,11-13,17-18H,3-7,9-10H2,1-2H3. The van der Waals surface area contributed by atoms with Gasteiger partial charge in [0.15, 0.2) is 11.5 Å². The first kappa shape index (κ1) is 15.7. The number of unbranched alkanes of at least 4 members (excludes halogenated alkanes) is 3. The third-order valence-electron chi connectivity index (χ3n) is 3.28. The molecule has 0 amide bonds. The van der Waals surface area contributed by atoms with Gasteiger partial charge in [-0.25, -0.2) is 0 Å². The molecule has 0 aromatic heterocycles. The van der Waals surface area contributed by atoms with Crippen LogP contribution in [0.4, 0.5) is 0 Å². The number of rotatable bonds is 9. The number of aromatic hydroxyl groups is 2. The second-order valence-electron chi connectivity index (χ2n) is 5.00. The second kappa shape index (κ2) is 8.68. The van der Waals surface area contributed by atoms with E-state index in [-0.39, 0.29) is 17.6 Å². The highest BCUT2D eigenvalue weighted by Gasteiger charge is 2.14. The van der Waals surface area contributed by atoms with Gasteiger partial charge in [-0.05, 0) is 31.4 Å². The Balaban J connectivity index is 2.61. The van der Waals surface area contributed by atoms with Crippen LogP contribution in [0.25, 0.3) is 0 Å². The van der Waals surface area contributed by atoms with Crippen LogP contribution < -0.4 is 4.74 Å². The minimum atomic E-state index is -0.153. The maximum Gasteiger partial charge on any atom is 0.200 e. The van der Waals surface area contributed by atoms with Crippen molar-refractivity contribution in [1.29, 1.82) is 0 Å². The maximum atomic E-state index is 9.77. The Morgan fingerprint density at radius 2 is 1.68 bits per heavy atom. The van der Waals surface area contributed by atoms with Crippen molar-refractivity contribution in [2.45, 2.75) is 64.9 Å². The Kier molecular flexibility index (Phi) is 7.16. The number of benzene rings is 1. The molecule has 0 heterocycles. The molecule has 0 radical (unpaired) electrons. The zero-order chi connectivity index (χ0) is 14.1. The summed E-state index contributed by atoms with van der Waals surface area (Å²) in [5, 5.41) is 19.2. The molecule has 1 atom stereocenters. The number of hydrogen-bond donors (Lipinski definition) is 2. The van der Waals surface area contributed by atoms with E-state index in [0.717, 1.165) is 32.1 Å². The molecular weight excluding hydrogens is 240 g/mol. The molecule has 1 unspecified atom stereocenters. The Hall–Kier alpha value is -1.38. The normalized spacial score (nSPS) is 12.3. The van der Waals surface area contributed by atoms with Gasteiger partial charge < -0.3 is 14.9 Å². The van der Waals surface area contributed by atoms with Gasteiger partial charge in [0.2, 0.25) is 5.75 Å². The van der Waals surface area contributed by atoms with E-state index in [9.17, 15) is 10.2 Å². The van der Waals surface area contributed by atoms with E-state index < -0.39 is 0 Å². The van der Waals surface area contributed by atoms with E-state index >= 15 is 0 Å². The van der Waals surface area contributed by atoms with Crippen LogP contribution in [0, 0.1) is 0 Å². The monoisotopic (exact) mass is 266 g/mol. The maximum absolute atomic E-state index is 9.77. The molecule has 108 valence electrons. The van der Waals surface area contributed by atoms with Crippen molar-refractivity contribution in [3.8, 4) is 17.2 Å². The van der Waals surface area contributed by atoms with Gasteiger partial charge in [0.1, 0.15) is 0 Å². The van der Waals surface area contributed by atoms with Crippen LogP contribution in [0.5, 0.6) is 17.2 Å². The van der Waals surface area contributed by atoms with Crippen molar-refractivity contribution in [3.05, 3.63) is 18.2 Å². The molecule has 1 aromatic rings. The Morgan fingerprint density at radius 3 is 2.37 bits per heavy atom. The Morgan fingerprint density at radius 1 is 1.00 bits per heavy atom. The zero-order valence-electron chi connectivity index (χ0n) is 12.1. The van der Waals surface area contributed by atoms with Crippen molar-refractivity contribution in [2.24, 2.45) is 0 Å². The fourth-order valence-electron chi connectivity index (χ4n) is 2.10. The van der Waals surface area contributed by atoms with Crippen molar-refractivity contribution in [3.63, 3.8) is 0 Å². The van der Waals surface area contributed by atoms with Crippen molar-refractivity contribution in [2.75, 3.05) is 0 Å². The molecule has 0 aliphatic carbocycles. The largest absolute Gasteiger partial charge is 0.504 e. The van der Waals surface area contributed by atoms with Gasteiger partial charge in [-0.3, -0.25) is 0 Å². The van der Waals surface area contributed by atoms with Crippen molar-refractivity contribution in [1.82, 2.24) is 0 Å². The molecule has 0 saturated carbocycles. The van der Waals surface area contributed by atoms with Gasteiger partial charge >= 0.3 is 0 Å². The fraction of sp³-hybridized carbons (Fsp3) is 0.625. The molecule has 0 saturated heterocycles. The SMILES string of the molecule is CCCCCC(CCCC)Oc1cccc(O)c1O. The second-order valence-corrected chi connectivity index (χ2v) is 5.00. The number of hydrogen-bond acceptors (Lipinski definition) is 3. The molecule has 1 rings (SSSR count). The minimum absolute atomic E-state index is 0.124. The van der Waals surface area contributed by atoms with Crippen molar-refractivity contribution < 1.29 is 14.9 Å². The van der Waals surface area contributed by atoms with Gasteiger partial charge in [0, 0.05) is 0 Å². The fourth-order valence-corrected chi connectivity index (χ4v) is 2.10. The minimum Gasteiger partial charge on any atom is -0.504 e. The summed E-state index contributed by atoms with van der Waals surface area (Å²) in [6, 6.07) is 4.85. The summed E-state index contributed by atoms with van der Waals surface area (Å²) in [6.45, 7) is 4.35. The van der Waals surface area contributed by atoms with Gasteiger partial charge in [0.05, 0.1) is 6.10 Å². The van der Waals surface area contributed by atoms with E-state index in [1.54, 1.807) is 12.1 Å². The van der Waals surface area contributed by atoms with Gasteiger partial charge in [-0.15, -0.1) is 0 Å². The number of ether oxygens (including phenoxy) is 1. The molecule has 1 aromatic carbocycles. The molecule has 0 spiro atoms. The topological polar surface area (TPSA) is 49.7 Å². The summed E-state index contributed by atoms with van der Waals surface area (Å²) in [5.41, 5.74) is 0. The predicted molar refractivity (Wildman–Crippen MR) is 77.9 cm³/mol. The molecule has 19 heavy (non-hydrogen) atoms. The highest BCUT2D eigenvalue weighted by Crippen LogP contribution is 2.35. The van der Waals surface area contributed by atoms with E-state index in [0.29, 0.717) is 5.75 Å². The van der Waals surface area contributed by atoms with Crippen LogP contribution in [0.2, 0.25) is 0 Å². The number of para-hydroxylation sites is 1. The number of phenols is 2. The smallest absolute Gasteiger partial charge is 0.200 e. The summed E-state index contributed by atoms with van der Waals surface area (Å²) in [7, 11) is 0. The quantitative estimate of drug-likeness (QED) is 0.506. The van der Waals surface area contributed by atoms with E-state index in [2.05, 4.69) is 13.8 Å². The average Bonchev–Trinajstić information content (AvgIpc) is 2.41. The molecular formula is C16H26O3. The summed E-state index contributed by atoms with van der Waals surface area (Å²) < 4.78 is 5.86. The molecule has 0 bridgehead atoms. The van der Waals surface area contributed by atoms with E-state index in [1.807, 2.05) is 0 Å². The van der Waals surface area contributed by atoms with Gasteiger partial charge in [-0.2, -0.15) is 0 Å². The van der Waals surface area contributed by atoms with Crippen LogP contribution in [0.3, 0.4) is 0 Å². The first-order valence-corrected chi connectivity index (χ1v) is 7.36. The Labute approximate surface area is 116 Å². The molecule has 0 aliphatic rings. The van der Waals surface area contributed by atoms with Crippen LogP contribution in [0.1, 0.15) is 58.8 Å². The molecule has 2 N–H and O–H groups in total. The summed E-state index contributed by atoms with van der Waals surface area (Å²) in [5.74, 6) is 0.109. The highest BCUT2D eigenvalue weighted by atomic mass is 16.5. The molecule has 0 aliphatic heterocycles. The van der Waals surface area contributed by atoms with Crippen LogP contribution >= 0.6 is 0 Å². The zero-order valence-corrected chi connectivity index (χ0v) is 12.1. The van der Waals surface area contributed by atoms with Gasteiger partial charge in [-0.1, -0.05) is 45.6 Å². The van der Waals surface area contributed by atoms with E-state index in [4.69, 9.17) is 4.74 Å². The lowest BCUT2D eigenvalue weighted by Crippen LogP contribution is -2.16. The van der Waals surface area contributed by atoms with Crippen molar-refractivity contribution >= 4 is 0 Å². The lowest BCUT2D eigenvalue weighted by molar-refractivity contribution is 0.166. The first-order chi connectivity index (χ1) is 9.19. The third-order valence-corrected chi connectivity index (χ3v) is 3.28. The third kappa shape index (κ3) is 5.41. The van der Waals surface area contributed by atoms with Crippen LogP contribution in [-0.2, 0) is 0 Å². The van der Waals surface area contributed by atoms with Crippen LogP contribution in [-0.4, -0.2) is 16.3 Å². The van der Waals surface area contributed by atoms with E-state index in [1.165, 1.54) is 18.9 Å². The summed E-state index contributed by atoms with van der Waals surface area (Å²) in [6.07, 6.45) is 7.92. The first-order valence-electron chi connectivity index (χ1n) is 7.36. The highest BCUT2D eigenvalue weighted by molar-refractivity contribution is 5.48. The lowest BCUT2D eigenvalue weighted by atomic mass is 10.1. The molecule has 0 fully saturated rings. The summed E-state index contributed by atoms with van der Waals surface area (Å²) in [4.78, 5) is 0.